The second-order valence-corrected chi connectivity index (χ2v) is 6.03. The van der Waals surface area contributed by atoms with Crippen molar-refractivity contribution >= 4 is 23.3 Å². The summed E-state index contributed by atoms with van der Waals surface area (Å²) in [6.07, 6.45) is 1.16. The monoisotopic (exact) mass is 355 g/mol. The van der Waals surface area contributed by atoms with Crippen molar-refractivity contribution in [3.8, 4) is 5.75 Å². The largest absolute Gasteiger partial charge is 0.481 e. The minimum absolute atomic E-state index is 0.273. The lowest BCUT2D eigenvalue weighted by molar-refractivity contribution is -0.122. The number of rotatable bonds is 6. The van der Waals surface area contributed by atoms with Gasteiger partial charge in [0.1, 0.15) is 5.75 Å². The minimum atomic E-state index is -0.669. The van der Waals surface area contributed by atoms with E-state index < -0.39 is 6.10 Å². The second kappa shape index (κ2) is 7.85. The number of ether oxygens (including phenoxy) is 1. The average molecular weight is 356 g/mol. The summed E-state index contributed by atoms with van der Waals surface area (Å²) in [4.78, 5) is 12.3. The maximum atomic E-state index is 12.3. The summed E-state index contributed by atoms with van der Waals surface area (Å²) in [5, 5.41) is 7.67. The van der Waals surface area contributed by atoms with E-state index in [1.807, 2.05) is 36.5 Å². The Hall–Kier alpha value is -2.79. The Balaban J connectivity index is 1.57. The molecule has 3 aromatic rings. The van der Waals surface area contributed by atoms with Crippen molar-refractivity contribution < 1.29 is 9.53 Å². The van der Waals surface area contributed by atoms with Gasteiger partial charge in [-0.25, -0.2) is 0 Å². The van der Waals surface area contributed by atoms with Gasteiger partial charge >= 0.3 is 0 Å². The van der Waals surface area contributed by atoms with E-state index >= 15 is 0 Å². The SMILES string of the molecule is C[C@@H](Oc1cccc(Cl)c1)C(=O)Nc1ccn(Cc2ccccc2)n1. The van der Waals surface area contributed by atoms with E-state index in [1.165, 1.54) is 0 Å². The minimum Gasteiger partial charge on any atom is -0.481 e. The molecule has 1 heterocycles. The molecular weight excluding hydrogens is 338 g/mol. The Morgan fingerprint density at radius 2 is 2.00 bits per heavy atom. The summed E-state index contributed by atoms with van der Waals surface area (Å²) in [5.41, 5.74) is 1.14. The average Bonchev–Trinajstić information content (AvgIpc) is 3.02. The van der Waals surface area contributed by atoms with Gasteiger partial charge in [0.25, 0.3) is 5.91 Å². The first-order chi connectivity index (χ1) is 12.1. The van der Waals surface area contributed by atoms with Crippen molar-refractivity contribution in [2.45, 2.75) is 19.6 Å². The quantitative estimate of drug-likeness (QED) is 0.727. The van der Waals surface area contributed by atoms with Gasteiger partial charge < -0.3 is 10.1 Å². The molecule has 1 aromatic heterocycles. The van der Waals surface area contributed by atoms with Crippen LogP contribution < -0.4 is 10.1 Å². The lowest BCUT2D eigenvalue weighted by atomic mass is 10.2. The van der Waals surface area contributed by atoms with Crippen molar-refractivity contribution in [3.63, 3.8) is 0 Å². The van der Waals surface area contributed by atoms with Crippen LogP contribution in [0.15, 0.2) is 66.9 Å². The number of benzene rings is 2. The summed E-state index contributed by atoms with van der Waals surface area (Å²) >= 11 is 5.91. The van der Waals surface area contributed by atoms with Crippen LogP contribution in [0.25, 0.3) is 0 Å². The topological polar surface area (TPSA) is 56.1 Å². The van der Waals surface area contributed by atoms with E-state index in [2.05, 4.69) is 10.4 Å². The number of anilines is 1. The lowest BCUT2D eigenvalue weighted by Crippen LogP contribution is -2.30. The van der Waals surface area contributed by atoms with Gasteiger partial charge in [0.15, 0.2) is 11.9 Å². The highest BCUT2D eigenvalue weighted by Crippen LogP contribution is 2.18. The van der Waals surface area contributed by atoms with Crippen LogP contribution in [0.5, 0.6) is 5.75 Å². The van der Waals surface area contributed by atoms with Gasteiger partial charge in [-0.05, 0) is 30.7 Å². The molecule has 1 N–H and O–H groups in total. The molecule has 0 aliphatic carbocycles. The molecule has 0 fully saturated rings. The normalized spacial score (nSPS) is 11.8. The molecule has 0 bridgehead atoms. The Bertz CT molecular complexity index is 849. The third-order valence-electron chi connectivity index (χ3n) is 3.56. The van der Waals surface area contributed by atoms with Gasteiger partial charge in [0.2, 0.25) is 0 Å². The fraction of sp³-hybridized carbons (Fsp3) is 0.158. The van der Waals surface area contributed by atoms with Crippen LogP contribution in [-0.2, 0) is 11.3 Å². The van der Waals surface area contributed by atoms with Crippen LogP contribution in [0.2, 0.25) is 5.02 Å². The van der Waals surface area contributed by atoms with Gasteiger partial charge in [-0.15, -0.1) is 0 Å². The van der Waals surface area contributed by atoms with Gasteiger partial charge in [0, 0.05) is 17.3 Å². The Morgan fingerprint density at radius 3 is 2.76 bits per heavy atom. The van der Waals surface area contributed by atoms with Gasteiger partial charge in [-0.1, -0.05) is 48.0 Å². The molecule has 0 spiro atoms. The van der Waals surface area contributed by atoms with Gasteiger partial charge in [-0.3, -0.25) is 9.48 Å². The number of amides is 1. The molecule has 0 saturated heterocycles. The lowest BCUT2D eigenvalue weighted by Gasteiger charge is -2.13. The number of nitrogens with zero attached hydrogens (tertiary/aromatic N) is 2. The van der Waals surface area contributed by atoms with Crippen molar-refractivity contribution in [1.82, 2.24) is 9.78 Å². The number of nitrogens with one attached hydrogen (secondary N) is 1. The van der Waals surface area contributed by atoms with Crippen LogP contribution in [0.1, 0.15) is 12.5 Å². The molecule has 1 amide bonds. The Morgan fingerprint density at radius 1 is 1.20 bits per heavy atom. The molecule has 25 heavy (non-hydrogen) atoms. The maximum Gasteiger partial charge on any atom is 0.266 e. The zero-order valence-corrected chi connectivity index (χ0v) is 14.5. The fourth-order valence-corrected chi connectivity index (χ4v) is 2.49. The highest BCUT2D eigenvalue weighted by molar-refractivity contribution is 6.30. The summed E-state index contributed by atoms with van der Waals surface area (Å²) in [7, 11) is 0. The van der Waals surface area contributed by atoms with Crippen molar-refractivity contribution in [3.05, 3.63) is 77.4 Å². The van der Waals surface area contributed by atoms with E-state index in [0.717, 1.165) is 5.56 Å². The van der Waals surface area contributed by atoms with Crippen LogP contribution in [0, 0.1) is 0 Å². The zero-order chi connectivity index (χ0) is 17.6. The molecule has 0 aliphatic rings. The molecule has 2 aromatic carbocycles. The zero-order valence-electron chi connectivity index (χ0n) is 13.7. The molecule has 1 atom stereocenters. The maximum absolute atomic E-state index is 12.3. The predicted molar refractivity (Wildman–Crippen MR) is 97.9 cm³/mol. The van der Waals surface area contributed by atoms with Gasteiger partial charge in [-0.2, -0.15) is 5.10 Å². The molecular formula is C19H18ClN3O2. The molecule has 0 unspecified atom stereocenters. The van der Waals surface area contributed by atoms with Crippen LogP contribution in [0.4, 0.5) is 5.82 Å². The van der Waals surface area contributed by atoms with Crippen molar-refractivity contribution in [1.29, 1.82) is 0 Å². The first-order valence-electron chi connectivity index (χ1n) is 7.90. The number of aromatic nitrogens is 2. The molecule has 5 nitrogen and oxygen atoms in total. The van der Waals surface area contributed by atoms with E-state index in [9.17, 15) is 4.79 Å². The van der Waals surface area contributed by atoms with Crippen LogP contribution >= 0.6 is 11.6 Å². The molecule has 0 aliphatic heterocycles. The first kappa shape index (κ1) is 17.0. The number of carbonyl (C=O) groups is 1. The van der Waals surface area contributed by atoms with E-state index in [4.69, 9.17) is 16.3 Å². The second-order valence-electron chi connectivity index (χ2n) is 5.59. The Kier molecular flexibility index (Phi) is 5.36. The number of hydrogen-bond donors (Lipinski definition) is 1. The third-order valence-corrected chi connectivity index (χ3v) is 3.79. The molecule has 0 saturated carbocycles. The summed E-state index contributed by atoms with van der Waals surface area (Å²) in [6.45, 7) is 2.32. The fourth-order valence-electron chi connectivity index (χ4n) is 2.31. The summed E-state index contributed by atoms with van der Waals surface area (Å²) in [5.74, 6) is 0.761. The number of carbonyl (C=O) groups excluding carboxylic acids is 1. The number of hydrogen-bond acceptors (Lipinski definition) is 3. The third kappa shape index (κ3) is 4.84. The van der Waals surface area contributed by atoms with E-state index in [1.54, 1.807) is 41.9 Å². The molecule has 0 radical (unpaired) electrons. The van der Waals surface area contributed by atoms with E-state index in [-0.39, 0.29) is 5.91 Å². The predicted octanol–water partition coefficient (Wildman–Crippen LogP) is 3.99. The van der Waals surface area contributed by atoms with Crippen LogP contribution in [0.3, 0.4) is 0 Å². The Labute approximate surface area is 151 Å². The highest BCUT2D eigenvalue weighted by atomic mass is 35.5. The standard InChI is InChI=1S/C19H18ClN3O2/c1-14(25-17-9-5-8-16(20)12-17)19(24)21-18-10-11-23(22-18)13-15-6-3-2-4-7-15/h2-12,14H,13H2,1H3,(H,21,22,24)/t14-/m1/s1. The van der Waals surface area contributed by atoms with E-state index in [0.29, 0.717) is 23.1 Å². The van der Waals surface area contributed by atoms with Crippen LogP contribution in [-0.4, -0.2) is 21.8 Å². The summed E-state index contributed by atoms with van der Waals surface area (Å²) < 4.78 is 7.37. The molecule has 128 valence electrons. The molecule has 6 heteroatoms. The number of halogens is 1. The van der Waals surface area contributed by atoms with Crippen molar-refractivity contribution in [2.24, 2.45) is 0 Å². The molecule has 3 rings (SSSR count). The summed E-state index contributed by atoms with van der Waals surface area (Å²) in [6, 6.07) is 18.7. The highest BCUT2D eigenvalue weighted by Gasteiger charge is 2.16. The first-order valence-corrected chi connectivity index (χ1v) is 8.28. The van der Waals surface area contributed by atoms with Crippen molar-refractivity contribution in [2.75, 3.05) is 5.32 Å². The smallest absolute Gasteiger partial charge is 0.266 e. The van der Waals surface area contributed by atoms with Gasteiger partial charge in [0.05, 0.1) is 6.54 Å².